The number of nitrogens with zero attached hydrogens (tertiary/aromatic N) is 3. The van der Waals surface area contributed by atoms with Crippen LogP contribution in [0, 0.1) is 6.92 Å². The minimum absolute atomic E-state index is 0.0313. The van der Waals surface area contributed by atoms with Crippen molar-refractivity contribution in [2.75, 3.05) is 5.75 Å². The zero-order valence-electron chi connectivity index (χ0n) is 17.2. The van der Waals surface area contributed by atoms with E-state index in [2.05, 4.69) is 15.5 Å². The number of thioether (sulfide) groups is 1. The molecule has 0 fully saturated rings. The van der Waals surface area contributed by atoms with Gasteiger partial charge in [0.05, 0.1) is 28.6 Å². The largest absolute Gasteiger partial charge is 0.508 e. The van der Waals surface area contributed by atoms with Crippen LogP contribution in [-0.2, 0) is 4.79 Å². The molecule has 7 nitrogen and oxygen atoms in total. The first kappa shape index (κ1) is 21.3. The van der Waals surface area contributed by atoms with Crippen LogP contribution in [0.1, 0.15) is 11.1 Å². The van der Waals surface area contributed by atoms with Crippen molar-refractivity contribution in [2.24, 2.45) is 5.10 Å². The van der Waals surface area contributed by atoms with E-state index in [1.165, 1.54) is 30.1 Å². The van der Waals surface area contributed by atoms with Crippen LogP contribution in [0.2, 0.25) is 0 Å². The maximum Gasteiger partial charge on any atom is 0.266 e. The number of hydrogen-bond acceptors (Lipinski definition) is 6. The zero-order chi connectivity index (χ0) is 22.5. The second-order valence-electron chi connectivity index (χ2n) is 7.01. The molecule has 0 saturated carbocycles. The number of nitrogens with one attached hydrogen (secondary N) is 1. The summed E-state index contributed by atoms with van der Waals surface area (Å²) in [5.41, 5.74) is 5.26. The number of aromatic hydroxyl groups is 1. The number of hydrogen-bond donors (Lipinski definition) is 2. The zero-order valence-corrected chi connectivity index (χ0v) is 18.0. The Morgan fingerprint density at radius 1 is 1.09 bits per heavy atom. The van der Waals surface area contributed by atoms with Gasteiger partial charge in [-0.05, 0) is 60.5 Å². The van der Waals surface area contributed by atoms with E-state index >= 15 is 0 Å². The highest BCUT2D eigenvalue weighted by Crippen LogP contribution is 2.23. The third kappa shape index (κ3) is 4.70. The maximum absolute atomic E-state index is 13.3. The van der Waals surface area contributed by atoms with Crippen LogP contribution < -0.4 is 11.0 Å². The molecule has 0 aliphatic carbocycles. The molecule has 3 aromatic carbocycles. The highest BCUT2D eigenvalue weighted by molar-refractivity contribution is 7.99. The summed E-state index contributed by atoms with van der Waals surface area (Å²) in [6, 6.07) is 21.2. The van der Waals surface area contributed by atoms with Crippen LogP contribution in [0.25, 0.3) is 16.6 Å². The van der Waals surface area contributed by atoms with Gasteiger partial charge in [0.25, 0.3) is 11.5 Å². The Hall–Kier alpha value is -3.91. The van der Waals surface area contributed by atoms with E-state index in [4.69, 9.17) is 0 Å². The van der Waals surface area contributed by atoms with Gasteiger partial charge in [0.2, 0.25) is 0 Å². The van der Waals surface area contributed by atoms with Gasteiger partial charge in [0.1, 0.15) is 5.75 Å². The quantitative estimate of drug-likeness (QED) is 0.205. The molecule has 1 heterocycles. The van der Waals surface area contributed by atoms with Crippen molar-refractivity contribution in [2.45, 2.75) is 12.1 Å². The predicted molar refractivity (Wildman–Crippen MR) is 127 cm³/mol. The van der Waals surface area contributed by atoms with E-state index < -0.39 is 0 Å². The fourth-order valence-corrected chi connectivity index (χ4v) is 3.94. The first-order chi connectivity index (χ1) is 15.5. The topological polar surface area (TPSA) is 96.6 Å². The minimum Gasteiger partial charge on any atom is -0.508 e. The molecule has 0 unspecified atom stereocenters. The first-order valence-corrected chi connectivity index (χ1v) is 10.8. The molecule has 2 N–H and O–H groups in total. The van der Waals surface area contributed by atoms with E-state index in [0.29, 0.717) is 16.1 Å². The third-order valence-electron chi connectivity index (χ3n) is 4.73. The van der Waals surface area contributed by atoms with Crippen LogP contribution in [0.15, 0.2) is 87.8 Å². The molecule has 0 spiro atoms. The van der Waals surface area contributed by atoms with Gasteiger partial charge in [-0.3, -0.25) is 14.2 Å². The Kier molecular flexibility index (Phi) is 6.32. The number of benzene rings is 3. The molecule has 0 atom stereocenters. The number of carbonyl (C=O) groups is 1. The van der Waals surface area contributed by atoms with Crippen molar-refractivity contribution in [1.29, 1.82) is 0 Å². The van der Waals surface area contributed by atoms with Gasteiger partial charge >= 0.3 is 0 Å². The Morgan fingerprint density at radius 2 is 1.81 bits per heavy atom. The van der Waals surface area contributed by atoms with E-state index in [1.54, 1.807) is 34.9 Å². The molecule has 32 heavy (non-hydrogen) atoms. The standard InChI is InChI=1S/C24H20N4O3S/c1-16-6-2-5-9-21(16)28-23(31)19-7-3-4-8-20(19)26-24(28)32-15-22(30)27-25-14-17-10-12-18(29)13-11-17/h2-14,29H,15H2,1H3,(H,27,30)/b25-14+. The smallest absolute Gasteiger partial charge is 0.266 e. The number of aryl methyl sites for hydroxylation is 1. The van der Waals surface area contributed by atoms with Crippen molar-refractivity contribution in [3.05, 3.63) is 94.3 Å². The van der Waals surface area contributed by atoms with Crippen molar-refractivity contribution in [3.8, 4) is 11.4 Å². The summed E-state index contributed by atoms with van der Waals surface area (Å²) in [7, 11) is 0. The van der Waals surface area contributed by atoms with Crippen LogP contribution in [0.3, 0.4) is 0 Å². The molecule has 1 amide bonds. The average Bonchev–Trinajstić information content (AvgIpc) is 2.80. The molecule has 4 rings (SSSR count). The highest BCUT2D eigenvalue weighted by Gasteiger charge is 2.15. The van der Waals surface area contributed by atoms with E-state index in [0.717, 1.165) is 16.8 Å². The van der Waals surface area contributed by atoms with Crippen molar-refractivity contribution < 1.29 is 9.90 Å². The van der Waals surface area contributed by atoms with Gasteiger partial charge in [-0.2, -0.15) is 5.10 Å². The number of para-hydroxylation sites is 2. The SMILES string of the molecule is Cc1ccccc1-n1c(SCC(=O)N/N=C/c2ccc(O)cc2)nc2ccccc2c1=O. The fraction of sp³-hybridized carbons (Fsp3) is 0.0833. The normalized spacial score (nSPS) is 11.2. The molecular formula is C24H20N4O3S. The molecule has 0 aliphatic rings. The second-order valence-corrected chi connectivity index (χ2v) is 7.95. The Labute approximate surface area is 188 Å². The predicted octanol–water partition coefficient (Wildman–Crippen LogP) is 3.64. The second kappa shape index (κ2) is 9.49. The number of hydrazone groups is 1. The number of aromatic nitrogens is 2. The number of phenols is 1. The van der Waals surface area contributed by atoms with Crippen LogP contribution in [-0.4, -0.2) is 32.5 Å². The van der Waals surface area contributed by atoms with Gasteiger partial charge in [-0.1, -0.05) is 42.1 Å². The fourth-order valence-electron chi connectivity index (χ4n) is 3.14. The molecule has 0 radical (unpaired) electrons. The molecule has 0 bridgehead atoms. The summed E-state index contributed by atoms with van der Waals surface area (Å²) in [5.74, 6) is -0.141. The van der Waals surface area contributed by atoms with Crippen LogP contribution >= 0.6 is 11.8 Å². The first-order valence-electron chi connectivity index (χ1n) is 9.84. The number of amides is 1. The average molecular weight is 445 g/mol. The monoisotopic (exact) mass is 444 g/mol. The number of fused-ring (bicyclic) bond motifs is 1. The molecule has 1 aromatic heterocycles. The summed E-state index contributed by atoms with van der Waals surface area (Å²) < 4.78 is 1.55. The van der Waals surface area contributed by atoms with Gasteiger partial charge in [0.15, 0.2) is 5.16 Å². The van der Waals surface area contributed by atoms with Gasteiger partial charge in [0, 0.05) is 0 Å². The summed E-state index contributed by atoms with van der Waals surface area (Å²) in [4.78, 5) is 30.2. The molecule has 0 saturated heterocycles. The third-order valence-corrected chi connectivity index (χ3v) is 5.67. The van der Waals surface area contributed by atoms with Crippen LogP contribution in [0.5, 0.6) is 5.75 Å². The summed E-state index contributed by atoms with van der Waals surface area (Å²) in [5, 5.41) is 14.2. The number of carbonyl (C=O) groups excluding carboxylic acids is 1. The highest BCUT2D eigenvalue weighted by atomic mass is 32.2. The molecule has 160 valence electrons. The lowest BCUT2D eigenvalue weighted by Crippen LogP contribution is -2.24. The summed E-state index contributed by atoms with van der Waals surface area (Å²) in [6.07, 6.45) is 1.49. The van der Waals surface area contributed by atoms with Crippen LogP contribution in [0.4, 0.5) is 0 Å². The van der Waals surface area contributed by atoms with E-state index in [9.17, 15) is 14.7 Å². The Morgan fingerprint density at radius 3 is 2.59 bits per heavy atom. The summed E-state index contributed by atoms with van der Waals surface area (Å²) in [6.45, 7) is 1.93. The van der Waals surface area contributed by atoms with E-state index in [1.807, 2.05) is 37.3 Å². The van der Waals surface area contributed by atoms with Gasteiger partial charge in [-0.15, -0.1) is 0 Å². The lowest BCUT2D eigenvalue weighted by molar-refractivity contribution is -0.118. The van der Waals surface area contributed by atoms with Gasteiger partial charge < -0.3 is 5.11 Å². The lowest BCUT2D eigenvalue weighted by atomic mass is 10.2. The van der Waals surface area contributed by atoms with Crippen molar-refractivity contribution in [3.63, 3.8) is 0 Å². The van der Waals surface area contributed by atoms with Crippen molar-refractivity contribution >= 4 is 34.8 Å². The molecule has 4 aromatic rings. The summed E-state index contributed by atoms with van der Waals surface area (Å²) >= 11 is 1.17. The van der Waals surface area contributed by atoms with Gasteiger partial charge in [-0.25, -0.2) is 10.4 Å². The number of phenolic OH excluding ortho intramolecular Hbond substituents is 1. The van der Waals surface area contributed by atoms with Crippen molar-refractivity contribution in [1.82, 2.24) is 15.0 Å². The minimum atomic E-state index is -0.330. The molecule has 8 heteroatoms. The maximum atomic E-state index is 13.3. The molecular weight excluding hydrogens is 424 g/mol. The van der Waals surface area contributed by atoms with E-state index in [-0.39, 0.29) is 23.0 Å². The number of rotatable bonds is 6. The Balaban J connectivity index is 1.57. The molecule has 0 aliphatic heterocycles. The Bertz CT molecular complexity index is 1360. The lowest BCUT2D eigenvalue weighted by Gasteiger charge is -2.14.